The lowest BCUT2D eigenvalue weighted by Gasteiger charge is -2.66. The van der Waals surface area contributed by atoms with Gasteiger partial charge in [-0.25, -0.2) is 0 Å². The van der Waals surface area contributed by atoms with Gasteiger partial charge in [-0.05, 0) is 42.9 Å². The zero-order chi connectivity index (χ0) is 16.3. The molecule has 3 fully saturated rings. The number of carbonyl (C=O) groups is 1. The van der Waals surface area contributed by atoms with Crippen LogP contribution in [0.2, 0.25) is 0 Å². The normalized spacial score (nSPS) is 35.3. The third-order valence-corrected chi connectivity index (χ3v) is 9.40. The first-order chi connectivity index (χ1) is 10.2. The van der Waals surface area contributed by atoms with Crippen LogP contribution in [0.4, 0.5) is 5.69 Å². The maximum Gasteiger partial charge on any atom is 0.232 e. The zero-order valence-corrected chi connectivity index (χ0v) is 17.7. The molecular weight excluding hydrogens is 474 g/mol. The number of aryl methyl sites for hydroxylation is 1. The summed E-state index contributed by atoms with van der Waals surface area (Å²) in [7, 11) is 0. The number of hydrogen-bond acceptors (Lipinski definition) is 1. The SMILES string of the molecule is Cc1cccc(NC(=O)[C@@]23CC[C@](C(Br)Br)([C@@H]2Br)C3(C)C)c1. The first kappa shape index (κ1) is 17.0. The molecule has 3 aliphatic rings. The summed E-state index contributed by atoms with van der Waals surface area (Å²) in [5.41, 5.74) is 1.68. The van der Waals surface area contributed by atoms with Crippen molar-refractivity contribution in [1.29, 1.82) is 0 Å². The van der Waals surface area contributed by atoms with E-state index >= 15 is 0 Å². The fourth-order valence-electron chi connectivity index (χ4n) is 4.66. The number of nitrogens with one attached hydrogen (secondary N) is 1. The number of anilines is 1. The van der Waals surface area contributed by atoms with Gasteiger partial charge in [0.25, 0.3) is 0 Å². The average molecular weight is 494 g/mol. The molecular formula is C17H20Br3NO. The van der Waals surface area contributed by atoms with Crippen molar-refractivity contribution in [2.45, 2.75) is 42.2 Å². The molecule has 3 aliphatic carbocycles. The van der Waals surface area contributed by atoms with Crippen LogP contribution >= 0.6 is 47.8 Å². The number of benzene rings is 1. The number of hydrogen-bond donors (Lipinski definition) is 1. The van der Waals surface area contributed by atoms with Crippen LogP contribution in [-0.4, -0.2) is 14.5 Å². The van der Waals surface area contributed by atoms with E-state index in [1.165, 1.54) is 0 Å². The van der Waals surface area contributed by atoms with Gasteiger partial charge >= 0.3 is 0 Å². The maximum atomic E-state index is 13.1. The van der Waals surface area contributed by atoms with Gasteiger partial charge in [-0.2, -0.15) is 0 Å². The number of fused-ring (bicyclic) bond motifs is 1. The van der Waals surface area contributed by atoms with E-state index in [0.717, 1.165) is 24.1 Å². The quantitative estimate of drug-likeness (QED) is 0.544. The highest BCUT2D eigenvalue weighted by Crippen LogP contribution is 2.82. The molecule has 22 heavy (non-hydrogen) atoms. The number of rotatable bonds is 3. The Hall–Kier alpha value is 0.130. The van der Waals surface area contributed by atoms with Gasteiger partial charge in [0.05, 0.1) is 9.15 Å². The van der Waals surface area contributed by atoms with Crippen molar-refractivity contribution in [2.24, 2.45) is 16.2 Å². The second-order valence-electron chi connectivity index (χ2n) is 7.12. The third kappa shape index (κ3) is 1.85. The lowest BCUT2D eigenvalue weighted by Crippen LogP contribution is -2.71. The fraction of sp³-hybridized carbons (Fsp3) is 0.588. The van der Waals surface area contributed by atoms with Crippen molar-refractivity contribution < 1.29 is 4.79 Å². The van der Waals surface area contributed by atoms with Crippen LogP contribution in [0, 0.1) is 23.2 Å². The molecule has 0 aromatic heterocycles. The van der Waals surface area contributed by atoms with Gasteiger partial charge in [-0.15, -0.1) is 0 Å². The second-order valence-corrected chi connectivity index (χ2v) is 11.1. The summed E-state index contributed by atoms with van der Waals surface area (Å²) in [5.74, 6) is 0.138. The van der Waals surface area contributed by atoms with E-state index in [2.05, 4.69) is 67.0 Å². The minimum absolute atomic E-state index is 0.0664. The molecule has 0 heterocycles. The highest BCUT2D eigenvalue weighted by atomic mass is 79.9. The van der Waals surface area contributed by atoms with Crippen LogP contribution in [0.5, 0.6) is 0 Å². The minimum Gasteiger partial charge on any atom is -0.326 e. The molecule has 2 nitrogen and oxygen atoms in total. The Morgan fingerprint density at radius 2 is 2.00 bits per heavy atom. The summed E-state index contributed by atoms with van der Waals surface area (Å²) in [4.78, 5) is 13.3. The Morgan fingerprint density at radius 3 is 2.50 bits per heavy atom. The van der Waals surface area contributed by atoms with Crippen molar-refractivity contribution in [3.63, 3.8) is 0 Å². The molecule has 0 unspecified atom stereocenters. The number of alkyl halides is 3. The molecule has 5 heteroatoms. The molecule has 1 amide bonds. The summed E-state index contributed by atoms with van der Waals surface area (Å²) in [6.45, 7) is 6.49. The van der Waals surface area contributed by atoms with E-state index in [-0.39, 0.29) is 30.7 Å². The van der Waals surface area contributed by atoms with Gasteiger partial charge in [-0.3, -0.25) is 4.79 Å². The van der Waals surface area contributed by atoms with Crippen LogP contribution in [0.25, 0.3) is 0 Å². The van der Waals surface area contributed by atoms with E-state index in [1.54, 1.807) is 0 Å². The molecule has 0 spiro atoms. The van der Waals surface area contributed by atoms with E-state index in [1.807, 2.05) is 31.2 Å². The number of halogens is 3. The average Bonchev–Trinajstić information content (AvgIpc) is 2.88. The van der Waals surface area contributed by atoms with E-state index in [0.29, 0.717) is 0 Å². The molecule has 0 aliphatic heterocycles. The van der Waals surface area contributed by atoms with Crippen LogP contribution < -0.4 is 5.32 Å². The minimum atomic E-state index is -0.351. The summed E-state index contributed by atoms with van der Waals surface area (Å²) >= 11 is 11.3. The molecule has 1 aromatic carbocycles. The summed E-state index contributed by atoms with van der Waals surface area (Å²) in [6.07, 6.45) is 1.96. The predicted molar refractivity (Wildman–Crippen MR) is 102 cm³/mol. The van der Waals surface area contributed by atoms with Crippen LogP contribution in [0.3, 0.4) is 0 Å². The molecule has 2 bridgehead atoms. The van der Waals surface area contributed by atoms with Gasteiger partial charge in [0.1, 0.15) is 0 Å². The Balaban J connectivity index is 1.91. The van der Waals surface area contributed by atoms with Gasteiger partial charge in [0.15, 0.2) is 0 Å². The van der Waals surface area contributed by atoms with Gasteiger partial charge in [-0.1, -0.05) is 73.8 Å². The van der Waals surface area contributed by atoms with Crippen molar-refractivity contribution in [3.8, 4) is 0 Å². The zero-order valence-electron chi connectivity index (χ0n) is 12.9. The highest BCUT2D eigenvalue weighted by molar-refractivity contribution is 9.24. The summed E-state index contributed by atoms with van der Waals surface area (Å²) in [5, 5.41) is 3.15. The van der Waals surface area contributed by atoms with Crippen LogP contribution in [0.1, 0.15) is 32.3 Å². The van der Waals surface area contributed by atoms with Crippen molar-refractivity contribution in [1.82, 2.24) is 0 Å². The van der Waals surface area contributed by atoms with Crippen LogP contribution in [-0.2, 0) is 4.79 Å². The second kappa shape index (κ2) is 5.32. The topological polar surface area (TPSA) is 29.1 Å². The highest BCUT2D eigenvalue weighted by Gasteiger charge is 2.83. The molecule has 1 aromatic rings. The number of carbonyl (C=O) groups excluding carboxylic acids is 1. The van der Waals surface area contributed by atoms with Crippen molar-refractivity contribution >= 4 is 59.4 Å². The van der Waals surface area contributed by atoms with Gasteiger partial charge in [0, 0.05) is 15.9 Å². The smallest absolute Gasteiger partial charge is 0.232 e. The van der Waals surface area contributed by atoms with Gasteiger partial charge < -0.3 is 5.32 Å². The van der Waals surface area contributed by atoms with E-state index < -0.39 is 0 Å². The maximum absolute atomic E-state index is 13.1. The molecule has 0 radical (unpaired) electrons. The molecule has 1 N–H and O–H groups in total. The standard InChI is InChI=1S/C17H20Br3NO/c1-10-5-4-6-11(9-10)21-14(22)17-8-7-16(12(17)18,13(19)20)15(17,2)3/h4-6,9,12-13H,7-8H2,1-3H3,(H,21,22)/t12-,16+,17+/m0/s1. The van der Waals surface area contributed by atoms with E-state index in [4.69, 9.17) is 0 Å². The van der Waals surface area contributed by atoms with Crippen molar-refractivity contribution in [2.75, 3.05) is 5.32 Å². The fourth-order valence-corrected chi connectivity index (χ4v) is 9.58. The largest absolute Gasteiger partial charge is 0.326 e. The van der Waals surface area contributed by atoms with Crippen LogP contribution in [0.15, 0.2) is 24.3 Å². The lowest BCUT2D eigenvalue weighted by atomic mass is 9.43. The van der Waals surface area contributed by atoms with Gasteiger partial charge in [0.2, 0.25) is 5.91 Å². The Labute approximate surface area is 157 Å². The molecule has 120 valence electrons. The first-order valence-electron chi connectivity index (χ1n) is 7.50. The molecule has 3 saturated carbocycles. The van der Waals surface area contributed by atoms with Crippen molar-refractivity contribution in [3.05, 3.63) is 29.8 Å². The molecule has 3 atom stereocenters. The molecule has 4 rings (SSSR count). The van der Waals surface area contributed by atoms with E-state index in [9.17, 15) is 4.79 Å². The third-order valence-electron chi connectivity index (χ3n) is 6.17. The Morgan fingerprint density at radius 1 is 1.32 bits per heavy atom. The Kier molecular flexibility index (Phi) is 4.10. The molecule has 0 saturated heterocycles. The lowest BCUT2D eigenvalue weighted by molar-refractivity contribution is -0.155. The Bertz CT molecular complexity index is 630. The first-order valence-corrected chi connectivity index (χ1v) is 10.3. The summed E-state index contributed by atoms with van der Waals surface area (Å²) < 4.78 is 0.203. The monoisotopic (exact) mass is 491 g/mol. The summed E-state index contributed by atoms with van der Waals surface area (Å²) in [6, 6.07) is 7.99. The number of amides is 1. The predicted octanol–water partition coefficient (Wildman–Crippen LogP) is 5.62.